The highest BCUT2D eigenvalue weighted by molar-refractivity contribution is 5.43. The van der Waals surface area contributed by atoms with Crippen LogP contribution >= 0.6 is 0 Å². The van der Waals surface area contributed by atoms with Gasteiger partial charge in [-0.25, -0.2) is 4.98 Å². The number of H-pyrrole nitrogens is 1. The Balaban J connectivity index is 2.11. The Bertz CT molecular complexity index is 449. The average molecular weight is 237 g/mol. The first-order valence-corrected chi connectivity index (χ1v) is 6.14. The molecule has 1 fully saturated rings. The molecule has 1 aromatic heterocycles. The molecular weight excluding hydrogens is 218 g/mol. The monoisotopic (exact) mass is 237 g/mol. The van der Waals surface area contributed by atoms with Gasteiger partial charge in [-0.1, -0.05) is 20.3 Å². The van der Waals surface area contributed by atoms with Gasteiger partial charge in [0, 0.05) is 25.6 Å². The zero-order valence-electron chi connectivity index (χ0n) is 10.4. The largest absolute Gasteiger partial charge is 0.386 e. The summed E-state index contributed by atoms with van der Waals surface area (Å²) >= 11 is 0. The Morgan fingerprint density at radius 2 is 2.24 bits per heavy atom. The molecule has 5 heteroatoms. The first-order chi connectivity index (χ1) is 8.06. The maximum absolute atomic E-state index is 11.4. The second-order valence-electron chi connectivity index (χ2n) is 4.73. The van der Waals surface area contributed by atoms with Gasteiger partial charge in [0.1, 0.15) is 11.6 Å². The first-order valence-electron chi connectivity index (χ1n) is 6.14. The molecule has 5 nitrogen and oxygen atoms in total. The average Bonchev–Trinajstić information content (AvgIpc) is 2.25. The fourth-order valence-corrected chi connectivity index (χ4v) is 2.27. The van der Waals surface area contributed by atoms with Crippen molar-refractivity contribution in [3.8, 4) is 0 Å². The molecule has 2 heterocycles. The maximum atomic E-state index is 11.4. The van der Waals surface area contributed by atoms with E-state index in [2.05, 4.69) is 16.9 Å². The van der Waals surface area contributed by atoms with Gasteiger partial charge < -0.3 is 15.0 Å². The first kappa shape index (κ1) is 12.1. The Labute approximate surface area is 100 Å². The smallest absolute Gasteiger partial charge is 0.252 e. The molecule has 0 atom stereocenters. The molecule has 17 heavy (non-hydrogen) atoms. The number of aromatic amines is 1. The minimum absolute atomic E-state index is 0.127. The number of nitrogens with zero attached hydrogens (tertiary/aromatic N) is 2. The summed E-state index contributed by atoms with van der Waals surface area (Å²) in [5.74, 6) is 1.37. The standard InChI is InChI=1S/C12H19N3O2/c1-3-5-12(17)7-15(8-12)10-6-11(16)14-9(4-2)13-10/h6,17H,3-5,7-8H2,1-2H3,(H,13,14,16). The summed E-state index contributed by atoms with van der Waals surface area (Å²) in [4.78, 5) is 20.4. The van der Waals surface area contributed by atoms with Gasteiger partial charge in [0.05, 0.1) is 5.60 Å². The quantitative estimate of drug-likeness (QED) is 0.808. The normalized spacial score (nSPS) is 17.9. The van der Waals surface area contributed by atoms with Crippen molar-refractivity contribution in [2.75, 3.05) is 18.0 Å². The fourth-order valence-electron chi connectivity index (χ4n) is 2.27. The van der Waals surface area contributed by atoms with E-state index in [1.807, 2.05) is 11.8 Å². The lowest BCUT2D eigenvalue weighted by atomic mass is 9.89. The highest BCUT2D eigenvalue weighted by Gasteiger charge is 2.40. The lowest BCUT2D eigenvalue weighted by molar-refractivity contribution is 0.00290. The van der Waals surface area contributed by atoms with Crippen molar-refractivity contribution >= 4 is 5.82 Å². The van der Waals surface area contributed by atoms with Crippen molar-refractivity contribution in [1.82, 2.24) is 9.97 Å². The van der Waals surface area contributed by atoms with Crippen LogP contribution in [0.15, 0.2) is 10.9 Å². The molecule has 0 spiro atoms. The van der Waals surface area contributed by atoms with Crippen LogP contribution in [-0.4, -0.2) is 33.8 Å². The lowest BCUT2D eigenvalue weighted by Gasteiger charge is -2.47. The summed E-state index contributed by atoms with van der Waals surface area (Å²) in [7, 11) is 0. The lowest BCUT2D eigenvalue weighted by Crippen LogP contribution is -2.62. The zero-order chi connectivity index (χ0) is 12.5. The molecule has 0 aliphatic carbocycles. The van der Waals surface area contributed by atoms with Gasteiger partial charge in [0.2, 0.25) is 0 Å². The van der Waals surface area contributed by atoms with Crippen molar-refractivity contribution in [3.05, 3.63) is 22.2 Å². The Hall–Kier alpha value is -1.36. The van der Waals surface area contributed by atoms with Gasteiger partial charge in [-0.3, -0.25) is 4.79 Å². The van der Waals surface area contributed by atoms with E-state index in [9.17, 15) is 9.90 Å². The number of hydrogen-bond donors (Lipinski definition) is 2. The molecule has 0 radical (unpaired) electrons. The fraction of sp³-hybridized carbons (Fsp3) is 0.667. The number of aromatic nitrogens is 2. The molecule has 1 saturated heterocycles. The van der Waals surface area contributed by atoms with Crippen LogP contribution in [0.25, 0.3) is 0 Å². The van der Waals surface area contributed by atoms with Crippen LogP contribution in [0.2, 0.25) is 0 Å². The number of aliphatic hydroxyl groups is 1. The third-order valence-electron chi connectivity index (χ3n) is 3.12. The summed E-state index contributed by atoms with van der Waals surface area (Å²) in [6.45, 7) is 5.15. The van der Waals surface area contributed by atoms with Crippen LogP contribution in [0.1, 0.15) is 32.5 Å². The van der Waals surface area contributed by atoms with Gasteiger partial charge in [0.25, 0.3) is 5.56 Å². The van der Waals surface area contributed by atoms with Gasteiger partial charge >= 0.3 is 0 Å². The van der Waals surface area contributed by atoms with Crippen LogP contribution in [0.3, 0.4) is 0 Å². The summed E-state index contributed by atoms with van der Waals surface area (Å²) < 4.78 is 0. The van der Waals surface area contributed by atoms with E-state index in [0.717, 1.165) is 12.8 Å². The van der Waals surface area contributed by atoms with E-state index >= 15 is 0 Å². The highest BCUT2D eigenvalue weighted by atomic mass is 16.3. The van der Waals surface area contributed by atoms with E-state index < -0.39 is 5.60 Å². The molecule has 0 aromatic carbocycles. The second-order valence-corrected chi connectivity index (χ2v) is 4.73. The number of nitrogens with one attached hydrogen (secondary N) is 1. The van der Waals surface area contributed by atoms with Gasteiger partial charge in [0.15, 0.2) is 0 Å². The number of β-amino-alcohol motifs (C(OH)–C–C–N with tert-alkyl or cyclic N) is 1. The molecule has 94 valence electrons. The van der Waals surface area contributed by atoms with Crippen LogP contribution in [0.4, 0.5) is 5.82 Å². The van der Waals surface area contributed by atoms with Crippen molar-refractivity contribution in [2.45, 2.75) is 38.7 Å². The van der Waals surface area contributed by atoms with E-state index in [0.29, 0.717) is 31.2 Å². The predicted molar refractivity (Wildman–Crippen MR) is 66.3 cm³/mol. The van der Waals surface area contributed by atoms with E-state index in [4.69, 9.17) is 0 Å². The number of hydrogen-bond acceptors (Lipinski definition) is 4. The Kier molecular flexibility index (Phi) is 3.19. The van der Waals surface area contributed by atoms with Crippen molar-refractivity contribution < 1.29 is 5.11 Å². The zero-order valence-corrected chi connectivity index (χ0v) is 10.4. The molecular formula is C12H19N3O2. The summed E-state index contributed by atoms with van der Waals surface area (Å²) in [6.07, 6.45) is 2.47. The van der Waals surface area contributed by atoms with Crippen LogP contribution in [0, 0.1) is 0 Å². The van der Waals surface area contributed by atoms with Gasteiger partial charge in [-0.05, 0) is 6.42 Å². The van der Waals surface area contributed by atoms with Crippen LogP contribution in [-0.2, 0) is 6.42 Å². The van der Waals surface area contributed by atoms with E-state index in [-0.39, 0.29) is 5.56 Å². The maximum Gasteiger partial charge on any atom is 0.252 e. The molecule has 0 bridgehead atoms. The topological polar surface area (TPSA) is 69.2 Å². The number of anilines is 1. The van der Waals surface area contributed by atoms with Crippen molar-refractivity contribution in [3.63, 3.8) is 0 Å². The molecule has 0 unspecified atom stereocenters. The van der Waals surface area contributed by atoms with Crippen molar-refractivity contribution in [2.24, 2.45) is 0 Å². The van der Waals surface area contributed by atoms with Crippen molar-refractivity contribution in [1.29, 1.82) is 0 Å². The van der Waals surface area contributed by atoms with E-state index in [1.54, 1.807) is 0 Å². The number of rotatable bonds is 4. The second kappa shape index (κ2) is 4.49. The van der Waals surface area contributed by atoms with Crippen LogP contribution in [0.5, 0.6) is 0 Å². The van der Waals surface area contributed by atoms with Gasteiger partial charge in [-0.15, -0.1) is 0 Å². The summed E-state index contributed by atoms with van der Waals surface area (Å²) in [5, 5.41) is 10.1. The van der Waals surface area contributed by atoms with E-state index in [1.165, 1.54) is 6.07 Å². The number of aryl methyl sites for hydroxylation is 1. The SMILES string of the molecule is CCCC1(O)CN(c2cc(=O)[nH]c(CC)n2)C1. The predicted octanol–water partition coefficient (Wildman–Crippen LogP) is 0.683. The highest BCUT2D eigenvalue weighted by Crippen LogP contribution is 2.28. The third kappa shape index (κ3) is 2.49. The molecule has 2 N–H and O–H groups in total. The molecule has 1 aromatic rings. The Morgan fingerprint density at radius 1 is 1.53 bits per heavy atom. The third-order valence-corrected chi connectivity index (χ3v) is 3.12. The molecule has 1 aliphatic rings. The molecule has 2 rings (SSSR count). The van der Waals surface area contributed by atoms with Crippen LogP contribution < -0.4 is 10.5 Å². The minimum atomic E-state index is -0.592. The summed E-state index contributed by atoms with van der Waals surface area (Å²) in [6, 6.07) is 1.49. The summed E-state index contributed by atoms with van der Waals surface area (Å²) in [5.41, 5.74) is -0.719. The molecule has 0 saturated carbocycles. The minimum Gasteiger partial charge on any atom is -0.386 e. The molecule has 0 amide bonds. The van der Waals surface area contributed by atoms with Gasteiger partial charge in [-0.2, -0.15) is 0 Å². The molecule has 1 aliphatic heterocycles. The Morgan fingerprint density at radius 3 is 2.82 bits per heavy atom.